The SMILES string of the molecule is CCCCc1ccc(S(=O)(=O)Nc2ccc(NC(=O)CCC(=O)Nc3ccc(N(C)S(=O)(=O)c4ccc(CCCC)cc4)c(C(=O)O)c3)cc2C(=O)O)cc1. The van der Waals surface area contributed by atoms with Gasteiger partial charge >= 0.3 is 11.9 Å². The van der Waals surface area contributed by atoms with Gasteiger partial charge in [-0.1, -0.05) is 51.0 Å². The number of sulfonamides is 2. The van der Waals surface area contributed by atoms with E-state index in [-0.39, 0.29) is 50.9 Å². The van der Waals surface area contributed by atoms with Crippen LogP contribution in [0, 0.1) is 0 Å². The molecule has 0 heterocycles. The molecule has 5 N–H and O–H groups in total. The van der Waals surface area contributed by atoms with Crippen molar-refractivity contribution in [2.75, 3.05) is 26.7 Å². The van der Waals surface area contributed by atoms with Gasteiger partial charge in [-0.25, -0.2) is 26.4 Å². The summed E-state index contributed by atoms with van der Waals surface area (Å²) in [6.45, 7) is 4.11. The Bertz CT molecular complexity index is 2260. The molecule has 2 amide bonds. The summed E-state index contributed by atoms with van der Waals surface area (Å²) < 4.78 is 55.9. The van der Waals surface area contributed by atoms with Gasteiger partial charge in [0.25, 0.3) is 20.0 Å². The molecule has 0 radical (unpaired) electrons. The summed E-state index contributed by atoms with van der Waals surface area (Å²) >= 11 is 0. The van der Waals surface area contributed by atoms with E-state index in [1.54, 1.807) is 24.3 Å². The Hall–Kier alpha value is -5.74. The first-order chi connectivity index (χ1) is 26.0. The molecule has 0 atom stereocenters. The molecule has 14 nitrogen and oxygen atoms in total. The van der Waals surface area contributed by atoms with E-state index in [1.165, 1.54) is 55.6 Å². The monoisotopic (exact) mass is 792 g/mol. The van der Waals surface area contributed by atoms with Gasteiger partial charge in [-0.05, 0) is 97.5 Å². The second-order valence-corrected chi connectivity index (χ2v) is 16.4. The van der Waals surface area contributed by atoms with E-state index in [2.05, 4.69) is 29.2 Å². The first-order valence-corrected chi connectivity index (χ1v) is 20.5. The molecule has 0 aliphatic carbocycles. The summed E-state index contributed by atoms with van der Waals surface area (Å²) in [5, 5.41) is 24.7. The Kier molecular flexibility index (Phi) is 14.2. The zero-order valence-corrected chi connectivity index (χ0v) is 32.3. The predicted molar refractivity (Wildman–Crippen MR) is 210 cm³/mol. The topological polar surface area (TPSA) is 216 Å². The second-order valence-electron chi connectivity index (χ2n) is 12.8. The molecule has 0 unspecified atom stereocenters. The number of carboxylic acid groups (broad SMARTS) is 2. The van der Waals surface area contributed by atoms with Crippen molar-refractivity contribution in [3.05, 3.63) is 107 Å². The highest BCUT2D eigenvalue weighted by Gasteiger charge is 2.26. The smallest absolute Gasteiger partial charge is 0.337 e. The van der Waals surface area contributed by atoms with E-state index in [1.807, 2.05) is 0 Å². The average molecular weight is 793 g/mol. The highest BCUT2D eigenvalue weighted by atomic mass is 32.2. The van der Waals surface area contributed by atoms with Gasteiger partial charge in [0.1, 0.15) is 0 Å². The molecular weight excluding hydrogens is 749 g/mol. The lowest BCUT2D eigenvalue weighted by Crippen LogP contribution is -2.28. The molecule has 16 heteroatoms. The molecule has 4 aromatic rings. The van der Waals surface area contributed by atoms with E-state index in [0.717, 1.165) is 66.1 Å². The van der Waals surface area contributed by atoms with Gasteiger partial charge in [0.15, 0.2) is 0 Å². The maximum Gasteiger partial charge on any atom is 0.337 e. The Morgan fingerprint density at radius 3 is 1.55 bits per heavy atom. The summed E-state index contributed by atoms with van der Waals surface area (Å²) in [4.78, 5) is 49.5. The van der Waals surface area contributed by atoms with Crippen LogP contribution in [-0.4, -0.2) is 57.8 Å². The van der Waals surface area contributed by atoms with E-state index in [4.69, 9.17) is 0 Å². The van der Waals surface area contributed by atoms with E-state index in [0.29, 0.717) is 0 Å². The van der Waals surface area contributed by atoms with Gasteiger partial charge < -0.3 is 20.8 Å². The normalized spacial score (nSPS) is 11.4. The summed E-state index contributed by atoms with van der Waals surface area (Å²) in [6, 6.07) is 20.0. The zero-order valence-electron chi connectivity index (χ0n) is 30.7. The number of carboxylic acids is 2. The van der Waals surface area contributed by atoms with Crippen LogP contribution in [0.5, 0.6) is 0 Å². The number of hydrogen-bond acceptors (Lipinski definition) is 8. The average Bonchev–Trinajstić information content (AvgIpc) is 3.15. The molecule has 55 heavy (non-hydrogen) atoms. The second kappa shape index (κ2) is 18.5. The lowest BCUT2D eigenvalue weighted by molar-refractivity contribution is -0.121. The van der Waals surface area contributed by atoms with Crippen molar-refractivity contribution in [2.24, 2.45) is 0 Å². The first kappa shape index (κ1) is 42.0. The molecule has 292 valence electrons. The van der Waals surface area contributed by atoms with Crippen molar-refractivity contribution in [3.63, 3.8) is 0 Å². The fourth-order valence-electron chi connectivity index (χ4n) is 5.54. The Labute approximate surface area is 320 Å². The maximum atomic E-state index is 13.4. The molecule has 0 aromatic heterocycles. The van der Waals surface area contributed by atoms with Crippen molar-refractivity contribution in [1.82, 2.24) is 0 Å². The molecule has 0 saturated heterocycles. The van der Waals surface area contributed by atoms with Crippen LogP contribution in [0.3, 0.4) is 0 Å². The standard InChI is InChI=1S/C39H44N4O10S2/c1-4-6-8-26-10-16-30(17-11-26)54(50,51)42-34-20-14-28(24-32(34)38(46)47)40-36(44)22-23-37(45)41-29-15-21-35(33(25-29)39(48)49)43(3)55(52,53)31-18-12-27(13-19-31)9-7-5-2/h10-21,24-25,42H,4-9,22-23H2,1-3H3,(H,40,44)(H,41,45)(H,46,47)(H,48,49). The lowest BCUT2D eigenvalue weighted by Gasteiger charge is -2.22. The third kappa shape index (κ3) is 11.1. The van der Waals surface area contributed by atoms with Crippen molar-refractivity contribution in [3.8, 4) is 0 Å². The number of carbonyl (C=O) groups is 4. The Balaban J connectivity index is 1.38. The molecule has 4 aromatic carbocycles. The summed E-state index contributed by atoms with van der Waals surface area (Å²) in [5.41, 5.74) is 0.897. The largest absolute Gasteiger partial charge is 0.478 e. The molecule has 0 aliphatic heterocycles. The fraction of sp³-hybridized carbons (Fsp3) is 0.282. The van der Waals surface area contributed by atoms with Crippen molar-refractivity contribution >= 4 is 66.5 Å². The van der Waals surface area contributed by atoms with E-state index in [9.17, 15) is 46.2 Å². The van der Waals surface area contributed by atoms with Crippen molar-refractivity contribution in [1.29, 1.82) is 0 Å². The minimum atomic E-state index is -4.13. The number of aryl methyl sites for hydroxylation is 2. The molecule has 0 saturated carbocycles. The predicted octanol–water partition coefficient (Wildman–Crippen LogP) is 6.75. The van der Waals surface area contributed by atoms with Crippen molar-refractivity contribution in [2.45, 2.75) is 75.0 Å². The van der Waals surface area contributed by atoms with Crippen molar-refractivity contribution < 1.29 is 46.2 Å². The first-order valence-electron chi connectivity index (χ1n) is 17.6. The third-order valence-electron chi connectivity index (χ3n) is 8.66. The maximum absolute atomic E-state index is 13.4. The Morgan fingerprint density at radius 1 is 0.618 bits per heavy atom. The number of nitrogens with zero attached hydrogens (tertiary/aromatic N) is 1. The van der Waals surface area contributed by atoms with Gasteiger partial charge in [-0.15, -0.1) is 0 Å². The van der Waals surface area contributed by atoms with Crippen LogP contribution in [0.2, 0.25) is 0 Å². The minimum Gasteiger partial charge on any atom is -0.478 e. The van der Waals surface area contributed by atoms with Crippen LogP contribution in [-0.2, 0) is 42.5 Å². The fourth-order valence-corrected chi connectivity index (χ4v) is 7.83. The van der Waals surface area contributed by atoms with Crippen LogP contribution < -0.4 is 19.7 Å². The molecule has 0 fully saturated rings. The number of unbranched alkanes of at least 4 members (excludes halogenated alkanes) is 2. The van der Waals surface area contributed by atoms with Gasteiger partial charge in [-0.3, -0.25) is 18.6 Å². The zero-order chi connectivity index (χ0) is 40.3. The molecule has 0 spiro atoms. The number of rotatable bonds is 19. The van der Waals surface area contributed by atoms with Crippen LogP contribution >= 0.6 is 0 Å². The number of aromatic carboxylic acids is 2. The summed E-state index contributed by atoms with van der Waals surface area (Å²) in [5.74, 6) is -4.19. The number of hydrogen-bond donors (Lipinski definition) is 5. The lowest BCUT2D eigenvalue weighted by atomic mass is 10.1. The van der Waals surface area contributed by atoms with Gasteiger partial charge in [0.2, 0.25) is 11.8 Å². The van der Waals surface area contributed by atoms with Gasteiger partial charge in [-0.2, -0.15) is 0 Å². The van der Waals surface area contributed by atoms with E-state index >= 15 is 0 Å². The van der Waals surface area contributed by atoms with Crippen LogP contribution in [0.4, 0.5) is 22.7 Å². The summed E-state index contributed by atoms with van der Waals surface area (Å²) in [7, 11) is -7.02. The highest BCUT2D eigenvalue weighted by Crippen LogP contribution is 2.29. The van der Waals surface area contributed by atoms with Crippen LogP contribution in [0.1, 0.15) is 84.2 Å². The molecule has 4 rings (SSSR count). The minimum absolute atomic E-state index is 0.0129. The quantitative estimate of drug-likeness (QED) is 0.0673. The third-order valence-corrected chi connectivity index (χ3v) is 11.8. The Morgan fingerprint density at radius 2 is 1.07 bits per heavy atom. The van der Waals surface area contributed by atoms with Crippen LogP contribution in [0.15, 0.2) is 94.7 Å². The number of anilines is 4. The number of benzene rings is 4. The molecular formula is C39H44N4O10S2. The number of amides is 2. The van der Waals surface area contributed by atoms with Gasteiger partial charge in [0.05, 0.1) is 32.3 Å². The van der Waals surface area contributed by atoms with Crippen LogP contribution in [0.25, 0.3) is 0 Å². The number of carbonyl (C=O) groups excluding carboxylic acids is 2. The summed E-state index contributed by atoms with van der Waals surface area (Å²) in [6.07, 6.45) is 4.81. The number of nitrogens with one attached hydrogen (secondary N) is 3. The van der Waals surface area contributed by atoms with E-state index < -0.39 is 49.4 Å². The highest BCUT2D eigenvalue weighted by molar-refractivity contribution is 7.93. The van der Waals surface area contributed by atoms with Gasteiger partial charge in [0, 0.05) is 31.3 Å². The molecule has 0 bridgehead atoms. The molecule has 0 aliphatic rings.